The predicted octanol–water partition coefficient (Wildman–Crippen LogP) is 3.67. The quantitative estimate of drug-likeness (QED) is 0.115. The van der Waals surface area contributed by atoms with Gasteiger partial charge in [-0.05, 0) is 53.4 Å². The van der Waals surface area contributed by atoms with Gasteiger partial charge in [0.15, 0.2) is 34.0 Å². The number of Topliss-reactive ketones (excluding diaryl/α,β-unsaturated/α-hetero) is 4. The number of unbranched alkanes of at least 4 members (excludes halogenated alkanes) is 2. The van der Waals surface area contributed by atoms with Crippen LogP contribution in [0, 0.1) is 10.8 Å². The topological polar surface area (TPSA) is 139 Å². The molecule has 0 saturated heterocycles. The van der Waals surface area contributed by atoms with Crippen molar-refractivity contribution in [3.8, 4) is 0 Å². The van der Waals surface area contributed by atoms with Crippen LogP contribution in [-0.4, -0.2) is 48.3 Å². The monoisotopic (exact) mass is 578 g/mol. The van der Waals surface area contributed by atoms with E-state index in [2.05, 4.69) is 9.78 Å². The van der Waals surface area contributed by atoms with E-state index in [-0.39, 0.29) is 52.3 Å². The molecule has 0 aliphatic rings. The standard InChI is InChI=1S/2C12H20O5.Zr/c2*1-5-7-8-16-17-11(15)12(6-2,9(3)13)10(4)14;/h2*5-8H2,1-4H3;. The van der Waals surface area contributed by atoms with Crippen molar-refractivity contribution in [1.82, 2.24) is 0 Å². The van der Waals surface area contributed by atoms with Crippen molar-refractivity contribution in [3.63, 3.8) is 0 Å². The summed E-state index contributed by atoms with van der Waals surface area (Å²) in [6.45, 7) is 12.5. The number of carbonyl (C=O) groups excluding carboxylic acids is 6. The molecule has 10 nitrogen and oxygen atoms in total. The zero-order valence-electron chi connectivity index (χ0n) is 22.2. The second-order valence-electron chi connectivity index (χ2n) is 7.84. The normalized spacial score (nSPS) is 10.7. The van der Waals surface area contributed by atoms with Gasteiger partial charge < -0.3 is 0 Å². The zero-order valence-corrected chi connectivity index (χ0v) is 24.7. The molecule has 0 amide bonds. The molecule has 0 heterocycles. The van der Waals surface area contributed by atoms with E-state index in [1.807, 2.05) is 13.8 Å². The van der Waals surface area contributed by atoms with Crippen LogP contribution in [0.5, 0.6) is 0 Å². The molecule has 0 bridgehead atoms. The summed E-state index contributed by atoms with van der Waals surface area (Å²) in [5.74, 6) is -3.91. The second-order valence-corrected chi connectivity index (χ2v) is 7.84. The number of hydrogen-bond acceptors (Lipinski definition) is 10. The van der Waals surface area contributed by atoms with Crippen molar-refractivity contribution in [2.75, 3.05) is 13.2 Å². The summed E-state index contributed by atoms with van der Waals surface area (Å²) in [5.41, 5.74) is -3.43. The van der Waals surface area contributed by atoms with Crippen LogP contribution in [0.3, 0.4) is 0 Å². The van der Waals surface area contributed by atoms with Crippen LogP contribution in [0.2, 0.25) is 0 Å². The summed E-state index contributed by atoms with van der Waals surface area (Å²) in [6.07, 6.45) is 3.44. The molecule has 0 aromatic rings. The molecule has 0 unspecified atom stereocenters. The van der Waals surface area contributed by atoms with Crippen molar-refractivity contribution < 1.29 is 74.5 Å². The SMILES string of the molecule is CCCCOOC(=O)C(CC)(C(C)=O)C(C)=O.CCCCOOC(=O)C(CC)(C(C)=O)C(C)=O.[Zr]. The van der Waals surface area contributed by atoms with Gasteiger partial charge in [0.25, 0.3) is 0 Å². The predicted molar refractivity (Wildman–Crippen MR) is 122 cm³/mol. The molecule has 0 aliphatic carbocycles. The van der Waals surface area contributed by atoms with Crippen LogP contribution in [0.1, 0.15) is 93.9 Å². The van der Waals surface area contributed by atoms with Gasteiger partial charge in [-0.25, -0.2) is 9.59 Å². The fourth-order valence-corrected chi connectivity index (χ4v) is 3.09. The van der Waals surface area contributed by atoms with E-state index in [0.29, 0.717) is 0 Å². The van der Waals surface area contributed by atoms with Gasteiger partial charge in [0.05, 0.1) is 13.2 Å². The van der Waals surface area contributed by atoms with Crippen LogP contribution in [0.4, 0.5) is 0 Å². The van der Waals surface area contributed by atoms with Crippen LogP contribution in [0.25, 0.3) is 0 Å². The minimum Gasteiger partial charge on any atom is -0.298 e. The Bertz CT molecular complexity index is 629. The van der Waals surface area contributed by atoms with Crippen LogP contribution in [0.15, 0.2) is 0 Å². The molecule has 0 atom stereocenters. The first-order valence-electron chi connectivity index (χ1n) is 11.6. The first-order valence-corrected chi connectivity index (χ1v) is 11.6. The van der Waals surface area contributed by atoms with Crippen molar-refractivity contribution in [1.29, 1.82) is 0 Å². The molecular formula is C24H40O10Zr. The Kier molecular flexibility index (Phi) is 21.3. The average molecular weight is 580 g/mol. The minimum atomic E-state index is -1.72. The Labute approximate surface area is 227 Å². The molecule has 0 aliphatic heterocycles. The van der Waals surface area contributed by atoms with E-state index < -0.39 is 45.9 Å². The first-order chi connectivity index (χ1) is 15.9. The summed E-state index contributed by atoms with van der Waals surface area (Å²) in [6, 6.07) is 0. The molecule has 0 rings (SSSR count). The largest absolute Gasteiger partial charge is 0.363 e. The molecule has 0 aromatic carbocycles. The van der Waals surface area contributed by atoms with Gasteiger partial charge in [-0.2, -0.15) is 9.78 Å². The zero-order chi connectivity index (χ0) is 26.9. The van der Waals surface area contributed by atoms with E-state index in [1.165, 1.54) is 27.7 Å². The van der Waals surface area contributed by atoms with Gasteiger partial charge in [-0.1, -0.05) is 40.5 Å². The minimum absolute atomic E-state index is 0. The molecule has 0 saturated carbocycles. The van der Waals surface area contributed by atoms with Gasteiger partial charge >= 0.3 is 11.9 Å². The number of rotatable bonds is 16. The Balaban J connectivity index is -0.000000569. The summed E-state index contributed by atoms with van der Waals surface area (Å²) in [7, 11) is 0. The molecule has 200 valence electrons. The van der Waals surface area contributed by atoms with E-state index in [4.69, 9.17) is 9.78 Å². The molecule has 0 fully saturated rings. The Morgan fingerprint density at radius 3 is 0.971 bits per heavy atom. The Morgan fingerprint density at radius 2 is 0.800 bits per heavy atom. The molecule has 0 radical (unpaired) electrons. The summed E-state index contributed by atoms with van der Waals surface area (Å²) in [5, 5.41) is 0. The maximum Gasteiger partial charge on any atom is 0.363 e. The molecular weight excluding hydrogens is 539 g/mol. The van der Waals surface area contributed by atoms with E-state index in [9.17, 15) is 28.8 Å². The van der Waals surface area contributed by atoms with Crippen molar-refractivity contribution in [3.05, 3.63) is 0 Å². The van der Waals surface area contributed by atoms with Gasteiger partial charge in [0.1, 0.15) is 0 Å². The molecule has 35 heavy (non-hydrogen) atoms. The van der Waals surface area contributed by atoms with E-state index in [1.54, 1.807) is 13.8 Å². The second kappa shape index (κ2) is 19.6. The molecule has 0 aromatic heterocycles. The third kappa shape index (κ3) is 10.9. The number of carbonyl (C=O) groups is 6. The van der Waals surface area contributed by atoms with Gasteiger partial charge in [-0.15, -0.1) is 0 Å². The number of ketones is 4. The fourth-order valence-electron chi connectivity index (χ4n) is 3.09. The smallest absolute Gasteiger partial charge is 0.298 e. The summed E-state index contributed by atoms with van der Waals surface area (Å²) >= 11 is 0. The van der Waals surface area contributed by atoms with Crippen LogP contribution in [-0.2, 0) is 74.5 Å². The Morgan fingerprint density at radius 1 is 0.543 bits per heavy atom. The van der Waals surface area contributed by atoms with Gasteiger partial charge in [0.2, 0.25) is 0 Å². The van der Waals surface area contributed by atoms with Crippen molar-refractivity contribution in [2.45, 2.75) is 93.9 Å². The van der Waals surface area contributed by atoms with Crippen molar-refractivity contribution in [2.24, 2.45) is 10.8 Å². The van der Waals surface area contributed by atoms with Crippen LogP contribution >= 0.6 is 0 Å². The van der Waals surface area contributed by atoms with Crippen LogP contribution < -0.4 is 0 Å². The summed E-state index contributed by atoms with van der Waals surface area (Å²) in [4.78, 5) is 87.9. The third-order valence-corrected chi connectivity index (χ3v) is 5.59. The third-order valence-electron chi connectivity index (χ3n) is 5.59. The number of hydrogen-bond donors (Lipinski definition) is 0. The molecule has 0 spiro atoms. The van der Waals surface area contributed by atoms with Gasteiger partial charge in [0, 0.05) is 26.2 Å². The van der Waals surface area contributed by atoms with E-state index >= 15 is 0 Å². The maximum absolute atomic E-state index is 11.8. The molecule has 11 heteroatoms. The van der Waals surface area contributed by atoms with Gasteiger partial charge in [-0.3, -0.25) is 29.0 Å². The average Bonchev–Trinajstić information content (AvgIpc) is 2.75. The maximum atomic E-state index is 11.8. The summed E-state index contributed by atoms with van der Waals surface area (Å²) < 4.78 is 0. The molecule has 0 N–H and O–H groups in total. The van der Waals surface area contributed by atoms with Crippen molar-refractivity contribution >= 4 is 35.1 Å². The Hall–Kier alpha value is -1.58. The fraction of sp³-hybridized carbons (Fsp3) is 0.750. The van der Waals surface area contributed by atoms with E-state index in [0.717, 1.165) is 25.7 Å². The first kappa shape index (κ1) is 38.0.